The molecule has 1 aromatic rings. The van der Waals surface area contributed by atoms with Crippen LogP contribution in [0, 0.1) is 23.2 Å². The predicted octanol–water partition coefficient (Wildman–Crippen LogP) is 3.51. The van der Waals surface area contributed by atoms with Crippen LogP contribution in [0.4, 0.5) is 13.2 Å². The number of likely N-dealkylation sites (tertiary alicyclic amines) is 1. The second-order valence-electron chi connectivity index (χ2n) is 6.22. The van der Waals surface area contributed by atoms with Crippen LogP contribution in [-0.2, 0) is 4.79 Å². The average Bonchev–Trinajstić information content (AvgIpc) is 3.15. The van der Waals surface area contributed by atoms with Crippen LogP contribution in [0.3, 0.4) is 0 Å². The number of halogens is 4. The number of fused-ring (bicyclic) bond motifs is 1. The van der Waals surface area contributed by atoms with Gasteiger partial charge in [-0.3, -0.25) is 4.79 Å². The Labute approximate surface area is 156 Å². The quantitative estimate of drug-likeness (QED) is 0.713. The van der Waals surface area contributed by atoms with Gasteiger partial charge in [-0.15, -0.1) is 0 Å². The fourth-order valence-electron chi connectivity index (χ4n) is 3.55. The molecule has 1 saturated carbocycles. The van der Waals surface area contributed by atoms with Crippen LogP contribution in [0.15, 0.2) is 16.6 Å². The van der Waals surface area contributed by atoms with Crippen LogP contribution in [0.5, 0.6) is 11.5 Å². The largest absolute Gasteiger partial charge is 0.490 e. The van der Waals surface area contributed by atoms with Crippen molar-refractivity contribution in [1.82, 2.24) is 4.90 Å². The number of ether oxygens (including phenoxy) is 2. The Morgan fingerprint density at radius 3 is 2.73 bits per heavy atom. The van der Waals surface area contributed by atoms with Gasteiger partial charge in [-0.1, -0.05) is 0 Å². The summed E-state index contributed by atoms with van der Waals surface area (Å²) in [5.74, 6) is -1.84. The van der Waals surface area contributed by atoms with Crippen molar-refractivity contribution in [2.45, 2.75) is 25.6 Å². The van der Waals surface area contributed by atoms with Gasteiger partial charge in [0, 0.05) is 18.7 Å². The molecular weight excluding hydrogens is 417 g/mol. The molecule has 9 heteroatoms. The summed E-state index contributed by atoms with van der Waals surface area (Å²) in [5.41, 5.74) is 0.354. The molecule has 0 N–H and O–H groups in total. The molecule has 1 saturated heterocycles. The van der Waals surface area contributed by atoms with E-state index in [1.807, 2.05) is 6.07 Å². The van der Waals surface area contributed by atoms with Crippen molar-refractivity contribution in [3.8, 4) is 17.6 Å². The van der Waals surface area contributed by atoms with Crippen LogP contribution < -0.4 is 9.47 Å². The molecule has 26 heavy (non-hydrogen) atoms. The zero-order valence-electron chi connectivity index (χ0n) is 13.8. The third-order valence-electron chi connectivity index (χ3n) is 4.67. The van der Waals surface area contributed by atoms with Crippen molar-refractivity contribution < 1.29 is 27.4 Å². The second-order valence-corrected chi connectivity index (χ2v) is 7.07. The van der Waals surface area contributed by atoms with E-state index in [0.29, 0.717) is 35.4 Å². The Hall–Kier alpha value is -1.95. The van der Waals surface area contributed by atoms with E-state index < -0.39 is 36.6 Å². The van der Waals surface area contributed by atoms with Crippen molar-refractivity contribution in [2.24, 2.45) is 11.8 Å². The van der Waals surface area contributed by atoms with E-state index in [2.05, 4.69) is 15.9 Å². The SMILES string of the molecule is CCOc1cc(C#N)cc(Br)c1OCC(=O)N1CC[C@@H]2[C@H]1[C@H]2C(F)(F)F. The molecule has 0 bridgehead atoms. The standard InChI is InChI=1S/C17H16BrF3N2O3/c1-2-25-12-6-9(7-22)5-11(18)16(12)26-8-13(24)23-4-3-10-14(15(10)23)17(19,20)21/h5-6,10,14-15H,2-4,8H2,1H3/t10-,14-,15-/m0/s1. The molecule has 1 heterocycles. The molecule has 0 unspecified atom stereocenters. The third-order valence-corrected chi connectivity index (χ3v) is 5.26. The third kappa shape index (κ3) is 3.47. The molecule has 1 aliphatic carbocycles. The molecule has 0 aromatic heterocycles. The van der Waals surface area contributed by atoms with Crippen LogP contribution >= 0.6 is 15.9 Å². The normalized spacial score (nSPS) is 24.0. The van der Waals surface area contributed by atoms with Crippen molar-refractivity contribution in [3.63, 3.8) is 0 Å². The summed E-state index contributed by atoms with van der Waals surface area (Å²) in [6.45, 7) is 2.01. The lowest BCUT2D eigenvalue weighted by atomic mass is 10.2. The molecule has 0 spiro atoms. The molecule has 140 valence electrons. The highest BCUT2D eigenvalue weighted by Crippen LogP contribution is 2.58. The van der Waals surface area contributed by atoms with E-state index >= 15 is 0 Å². The summed E-state index contributed by atoms with van der Waals surface area (Å²) < 4.78 is 50.1. The number of piperidine rings is 1. The van der Waals surface area contributed by atoms with E-state index in [0.717, 1.165) is 0 Å². The maximum absolute atomic E-state index is 12.9. The van der Waals surface area contributed by atoms with E-state index in [4.69, 9.17) is 14.7 Å². The van der Waals surface area contributed by atoms with Gasteiger partial charge in [0.05, 0.1) is 28.6 Å². The number of hydrogen-bond donors (Lipinski definition) is 0. The van der Waals surface area contributed by atoms with E-state index in [1.165, 1.54) is 17.0 Å². The smallest absolute Gasteiger partial charge is 0.394 e. The summed E-state index contributed by atoms with van der Waals surface area (Å²) in [6, 6.07) is 4.23. The first-order valence-electron chi connectivity index (χ1n) is 8.13. The molecule has 2 aliphatic rings. The first-order valence-corrected chi connectivity index (χ1v) is 8.92. The second kappa shape index (κ2) is 6.99. The Bertz CT molecular complexity index is 763. The summed E-state index contributed by atoms with van der Waals surface area (Å²) in [7, 11) is 0. The lowest BCUT2D eigenvalue weighted by Gasteiger charge is -2.22. The molecule has 2 fully saturated rings. The van der Waals surface area contributed by atoms with Crippen LogP contribution in [0.1, 0.15) is 18.9 Å². The van der Waals surface area contributed by atoms with Crippen molar-refractivity contribution in [1.29, 1.82) is 5.26 Å². The number of carbonyl (C=O) groups excluding carboxylic acids is 1. The molecule has 1 amide bonds. The zero-order valence-corrected chi connectivity index (χ0v) is 15.4. The summed E-state index contributed by atoms with van der Waals surface area (Å²) >= 11 is 3.27. The van der Waals surface area contributed by atoms with Gasteiger partial charge in [-0.2, -0.15) is 18.4 Å². The Kier molecular flexibility index (Phi) is 5.06. The fourth-order valence-corrected chi connectivity index (χ4v) is 4.10. The van der Waals surface area contributed by atoms with E-state index in [1.54, 1.807) is 6.92 Å². The minimum Gasteiger partial charge on any atom is -0.490 e. The van der Waals surface area contributed by atoms with Gasteiger partial charge in [0.25, 0.3) is 5.91 Å². The van der Waals surface area contributed by atoms with Gasteiger partial charge in [-0.25, -0.2) is 0 Å². The molecular formula is C17H16BrF3N2O3. The maximum Gasteiger partial charge on any atom is 0.394 e. The summed E-state index contributed by atoms with van der Waals surface area (Å²) in [6.07, 6.45) is -3.90. The predicted molar refractivity (Wildman–Crippen MR) is 88.7 cm³/mol. The van der Waals surface area contributed by atoms with Gasteiger partial charge >= 0.3 is 6.18 Å². The lowest BCUT2D eigenvalue weighted by Crippen LogP contribution is -2.38. The number of nitriles is 1. The minimum absolute atomic E-state index is 0.248. The van der Waals surface area contributed by atoms with Crippen LogP contribution in [0.25, 0.3) is 0 Å². The summed E-state index contributed by atoms with van der Waals surface area (Å²) in [4.78, 5) is 13.6. The van der Waals surface area contributed by atoms with Gasteiger partial charge in [-0.05, 0) is 41.3 Å². The van der Waals surface area contributed by atoms with Crippen LogP contribution in [0.2, 0.25) is 0 Å². The van der Waals surface area contributed by atoms with Crippen LogP contribution in [-0.4, -0.2) is 42.8 Å². The molecule has 3 atom stereocenters. The highest BCUT2D eigenvalue weighted by Gasteiger charge is 2.69. The van der Waals surface area contributed by atoms with Gasteiger partial charge < -0.3 is 14.4 Å². The number of rotatable bonds is 5. The van der Waals surface area contributed by atoms with E-state index in [-0.39, 0.29) is 5.75 Å². The number of nitrogens with zero attached hydrogens (tertiary/aromatic N) is 2. The first kappa shape index (κ1) is 18.8. The fraction of sp³-hybridized carbons (Fsp3) is 0.529. The number of alkyl halides is 3. The maximum atomic E-state index is 12.9. The topological polar surface area (TPSA) is 62.6 Å². The van der Waals surface area contributed by atoms with Crippen molar-refractivity contribution in [2.75, 3.05) is 19.8 Å². The number of hydrogen-bond acceptors (Lipinski definition) is 4. The monoisotopic (exact) mass is 432 g/mol. The molecule has 3 rings (SSSR count). The number of benzene rings is 1. The van der Waals surface area contributed by atoms with Crippen molar-refractivity contribution in [3.05, 3.63) is 22.2 Å². The van der Waals surface area contributed by atoms with Crippen molar-refractivity contribution >= 4 is 21.8 Å². The zero-order chi connectivity index (χ0) is 19.1. The first-order chi connectivity index (χ1) is 12.3. The molecule has 0 radical (unpaired) electrons. The Morgan fingerprint density at radius 1 is 1.42 bits per heavy atom. The van der Waals surface area contributed by atoms with Gasteiger partial charge in [0.15, 0.2) is 18.1 Å². The Balaban J connectivity index is 1.68. The lowest BCUT2D eigenvalue weighted by molar-refractivity contribution is -0.159. The average molecular weight is 433 g/mol. The highest BCUT2D eigenvalue weighted by atomic mass is 79.9. The molecule has 1 aromatic carbocycles. The number of amides is 1. The number of carbonyl (C=O) groups is 1. The molecule has 5 nitrogen and oxygen atoms in total. The minimum atomic E-state index is -4.27. The van der Waals surface area contributed by atoms with Gasteiger partial charge in [0.2, 0.25) is 0 Å². The molecule has 1 aliphatic heterocycles. The summed E-state index contributed by atoms with van der Waals surface area (Å²) in [5, 5.41) is 9.01. The Morgan fingerprint density at radius 2 is 2.15 bits per heavy atom. The van der Waals surface area contributed by atoms with Gasteiger partial charge in [0.1, 0.15) is 0 Å². The highest BCUT2D eigenvalue weighted by molar-refractivity contribution is 9.10. The van der Waals surface area contributed by atoms with E-state index in [9.17, 15) is 18.0 Å².